The molecule has 0 fully saturated rings. The van der Waals surface area contributed by atoms with E-state index in [1.54, 1.807) is 7.11 Å². The van der Waals surface area contributed by atoms with Gasteiger partial charge in [0.1, 0.15) is 0 Å². The molecule has 0 aliphatic rings. The van der Waals surface area contributed by atoms with E-state index in [2.05, 4.69) is 20.8 Å². The van der Waals surface area contributed by atoms with Crippen molar-refractivity contribution in [1.82, 2.24) is 0 Å². The molecule has 0 saturated carbocycles. The van der Waals surface area contributed by atoms with Crippen LogP contribution in [-0.2, 0) is 4.74 Å². The highest BCUT2D eigenvalue weighted by molar-refractivity contribution is 6.20. The van der Waals surface area contributed by atoms with Gasteiger partial charge in [-0.15, -0.1) is 11.6 Å². The quantitative estimate of drug-likeness (QED) is 0.589. The molecule has 0 aromatic heterocycles. The number of alkyl halides is 1. The Morgan fingerprint density at radius 2 is 1.91 bits per heavy atom. The Morgan fingerprint density at radius 3 is 2.18 bits per heavy atom. The van der Waals surface area contributed by atoms with Crippen molar-refractivity contribution in [1.29, 1.82) is 0 Å². The van der Waals surface area contributed by atoms with Gasteiger partial charge in [0.05, 0.1) is 6.61 Å². The molecule has 0 spiro atoms. The highest BCUT2D eigenvalue weighted by Crippen LogP contribution is 2.22. The Bertz CT molecular complexity index is 93.6. The fourth-order valence-electron chi connectivity index (χ4n) is 1.19. The molecule has 0 heterocycles. The zero-order valence-corrected chi connectivity index (χ0v) is 8.69. The van der Waals surface area contributed by atoms with Crippen LogP contribution in [0.25, 0.3) is 0 Å². The van der Waals surface area contributed by atoms with Gasteiger partial charge in [0, 0.05) is 12.5 Å². The van der Waals surface area contributed by atoms with Crippen molar-refractivity contribution < 1.29 is 4.74 Å². The summed E-state index contributed by atoms with van der Waals surface area (Å²) in [5.41, 5.74) is 0. The summed E-state index contributed by atoms with van der Waals surface area (Å²) >= 11 is 6.18. The summed E-state index contributed by atoms with van der Waals surface area (Å²) in [5.74, 6) is 1.04. The van der Waals surface area contributed by atoms with Gasteiger partial charge in [-0.05, 0) is 18.3 Å². The topological polar surface area (TPSA) is 9.23 Å². The van der Waals surface area contributed by atoms with Crippen molar-refractivity contribution in [2.75, 3.05) is 13.7 Å². The van der Waals surface area contributed by atoms with Crippen molar-refractivity contribution in [3.8, 4) is 0 Å². The molecule has 11 heavy (non-hydrogen) atoms. The molecule has 0 amide bonds. The van der Waals surface area contributed by atoms with E-state index in [1.165, 1.54) is 0 Å². The van der Waals surface area contributed by atoms with Crippen LogP contribution >= 0.6 is 11.6 Å². The van der Waals surface area contributed by atoms with Crippen LogP contribution < -0.4 is 0 Å². The van der Waals surface area contributed by atoms with E-state index in [1.807, 2.05) is 0 Å². The summed E-state index contributed by atoms with van der Waals surface area (Å²) in [4.78, 5) is 0. The number of hydrogen-bond acceptors (Lipinski definition) is 1. The predicted molar refractivity (Wildman–Crippen MR) is 50.1 cm³/mol. The molecule has 0 aliphatic heterocycles. The van der Waals surface area contributed by atoms with Crippen molar-refractivity contribution in [2.24, 2.45) is 11.8 Å². The maximum absolute atomic E-state index is 6.18. The molecule has 0 aromatic rings. The molecule has 68 valence electrons. The third-order valence-electron chi connectivity index (χ3n) is 1.99. The lowest BCUT2D eigenvalue weighted by Gasteiger charge is -2.22. The minimum Gasteiger partial charge on any atom is -0.384 e. The molecule has 0 bridgehead atoms. The van der Waals surface area contributed by atoms with Crippen molar-refractivity contribution in [2.45, 2.75) is 32.6 Å². The van der Waals surface area contributed by atoms with Crippen molar-refractivity contribution in [3.05, 3.63) is 0 Å². The van der Waals surface area contributed by atoms with Gasteiger partial charge in [0.25, 0.3) is 0 Å². The second kappa shape index (κ2) is 5.84. The molecular formula is C9H19ClO. The van der Waals surface area contributed by atoms with Crippen LogP contribution in [0.3, 0.4) is 0 Å². The summed E-state index contributed by atoms with van der Waals surface area (Å²) < 4.78 is 5.08. The van der Waals surface area contributed by atoms with Crippen LogP contribution in [0.4, 0.5) is 0 Å². The van der Waals surface area contributed by atoms with E-state index in [0.717, 1.165) is 13.0 Å². The lowest BCUT2D eigenvalue weighted by Crippen LogP contribution is -2.23. The third-order valence-corrected chi connectivity index (χ3v) is 2.85. The van der Waals surface area contributed by atoms with Gasteiger partial charge in [0.15, 0.2) is 0 Å². The minimum absolute atomic E-state index is 0.250. The van der Waals surface area contributed by atoms with Crippen molar-refractivity contribution >= 4 is 11.6 Å². The zero-order valence-electron chi connectivity index (χ0n) is 7.93. The van der Waals surface area contributed by atoms with Gasteiger partial charge >= 0.3 is 0 Å². The van der Waals surface area contributed by atoms with E-state index in [4.69, 9.17) is 16.3 Å². The van der Waals surface area contributed by atoms with E-state index >= 15 is 0 Å². The summed E-state index contributed by atoms with van der Waals surface area (Å²) in [5, 5.41) is 0.250. The second-order valence-electron chi connectivity index (χ2n) is 3.31. The van der Waals surface area contributed by atoms with Crippen LogP contribution in [0.15, 0.2) is 0 Å². The monoisotopic (exact) mass is 178 g/mol. The van der Waals surface area contributed by atoms with E-state index in [9.17, 15) is 0 Å². The molecule has 0 rings (SSSR count). The van der Waals surface area contributed by atoms with E-state index < -0.39 is 0 Å². The van der Waals surface area contributed by atoms with E-state index in [0.29, 0.717) is 11.8 Å². The maximum atomic E-state index is 6.18. The lowest BCUT2D eigenvalue weighted by molar-refractivity contribution is 0.141. The van der Waals surface area contributed by atoms with E-state index in [-0.39, 0.29) is 5.38 Å². The first-order valence-electron chi connectivity index (χ1n) is 4.26. The van der Waals surface area contributed by atoms with Crippen LogP contribution in [0.5, 0.6) is 0 Å². The molecular weight excluding hydrogens is 160 g/mol. The molecule has 0 N–H and O–H groups in total. The number of methoxy groups -OCH3 is 1. The SMILES string of the molecule is CCC(COC)C(Cl)C(C)C. The standard InChI is InChI=1S/C9H19ClO/c1-5-8(6-11-4)9(10)7(2)3/h7-9H,5-6H2,1-4H3. The van der Waals surface area contributed by atoms with Gasteiger partial charge < -0.3 is 4.74 Å². The smallest absolute Gasteiger partial charge is 0.0504 e. The Balaban J connectivity index is 3.81. The fraction of sp³-hybridized carbons (Fsp3) is 1.00. The summed E-state index contributed by atoms with van der Waals surface area (Å²) in [6.07, 6.45) is 1.10. The summed E-state index contributed by atoms with van der Waals surface area (Å²) in [6, 6.07) is 0. The lowest BCUT2D eigenvalue weighted by atomic mass is 9.95. The molecule has 0 radical (unpaired) electrons. The first-order valence-corrected chi connectivity index (χ1v) is 4.70. The van der Waals surface area contributed by atoms with Gasteiger partial charge in [-0.3, -0.25) is 0 Å². The predicted octanol–water partition coefficient (Wildman–Crippen LogP) is 2.92. The average molecular weight is 179 g/mol. The normalized spacial score (nSPS) is 16.9. The molecule has 0 aliphatic carbocycles. The Kier molecular flexibility index (Phi) is 5.98. The largest absolute Gasteiger partial charge is 0.384 e. The van der Waals surface area contributed by atoms with Crippen LogP contribution in [0.1, 0.15) is 27.2 Å². The van der Waals surface area contributed by atoms with Crippen LogP contribution in [0, 0.1) is 11.8 Å². The van der Waals surface area contributed by atoms with Crippen LogP contribution in [0.2, 0.25) is 0 Å². The first kappa shape index (κ1) is 11.2. The van der Waals surface area contributed by atoms with Gasteiger partial charge in [-0.1, -0.05) is 20.8 Å². The van der Waals surface area contributed by atoms with Gasteiger partial charge in [-0.25, -0.2) is 0 Å². The van der Waals surface area contributed by atoms with Gasteiger partial charge in [-0.2, -0.15) is 0 Å². The number of halogens is 1. The van der Waals surface area contributed by atoms with Crippen molar-refractivity contribution in [3.63, 3.8) is 0 Å². The minimum atomic E-state index is 0.250. The zero-order chi connectivity index (χ0) is 8.85. The molecule has 1 nitrogen and oxygen atoms in total. The third kappa shape index (κ3) is 3.97. The first-order chi connectivity index (χ1) is 5.13. The summed E-state index contributed by atoms with van der Waals surface area (Å²) in [7, 11) is 1.73. The highest BCUT2D eigenvalue weighted by Gasteiger charge is 2.20. The second-order valence-corrected chi connectivity index (χ2v) is 3.82. The molecule has 2 heteroatoms. The fourth-order valence-corrected chi connectivity index (χ4v) is 1.44. The highest BCUT2D eigenvalue weighted by atomic mass is 35.5. The Labute approximate surface area is 75.1 Å². The maximum Gasteiger partial charge on any atom is 0.0504 e. The van der Waals surface area contributed by atoms with Gasteiger partial charge in [0.2, 0.25) is 0 Å². The Hall–Kier alpha value is 0.250. The molecule has 0 saturated heterocycles. The number of rotatable bonds is 5. The average Bonchev–Trinajstić information content (AvgIpc) is 1.98. The number of hydrogen-bond donors (Lipinski definition) is 0. The Morgan fingerprint density at radius 1 is 1.36 bits per heavy atom. The molecule has 0 aromatic carbocycles. The molecule has 2 atom stereocenters. The van der Waals surface area contributed by atoms with Crippen LogP contribution in [-0.4, -0.2) is 19.1 Å². The summed E-state index contributed by atoms with van der Waals surface area (Å²) in [6.45, 7) is 7.23. The number of ether oxygens (including phenoxy) is 1. The molecule has 2 unspecified atom stereocenters.